The Hall–Kier alpha value is -2.32. The Labute approximate surface area is 124 Å². The molecule has 3 rings (SSSR count). The van der Waals surface area contributed by atoms with Gasteiger partial charge in [0.25, 0.3) is 5.91 Å². The first-order valence-corrected chi connectivity index (χ1v) is 7.37. The van der Waals surface area contributed by atoms with Crippen molar-refractivity contribution in [3.05, 3.63) is 46.3 Å². The van der Waals surface area contributed by atoms with Crippen LogP contribution >= 0.6 is 11.3 Å². The van der Waals surface area contributed by atoms with Gasteiger partial charge in [-0.25, -0.2) is 4.98 Å². The lowest BCUT2D eigenvalue weighted by atomic mass is 10.4. The van der Waals surface area contributed by atoms with E-state index in [1.807, 2.05) is 28.8 Å². The third kappa shape index (κ3) is 2.91. The van der Waals surface area contributed by atoms with E-state index >= 15 is 0 Å². The van der Waals surface area contributed by atoms with Crippen LogP contribution in [0.25, 0.3) is 5.65 Å². The molecule has 3 aromatic heterocycles. The van der Waals surface area contributed by atoms with E-state index in [2.05, 4.69) is 20.5 Å². The van der Waals surface area contributed by atoms with Gasteiger partial charge >= 0.3 is 0 Å². The average molecular weight is 302 g/mol. The fourth-order valence-corrected chi connectivity index (χ4v) is 2.71. The number of carbonyl (C=O) groups is 1. The van der Waals surface area contributed by atoms with E-state index < -0.39 is 0 Å². The van der Waals surface area contributed by atoms with Crippen molar-refractivity contribution in [3.8, 4) is 0 Å². The van der Waals surface area contributed by atoms with E-state index in [0.29, 0.717) is 31.0 Å². The molecule has 0 bridgehead atoms. The molecule has 0 saturated heterocycles. The second-order valence-electron chi connectivity index (χ2n) is 4.39. The molecule has 0 spiro atoms. The van der Waals surface area contributed by atoms with Gasteiger partial charge < -0.3 is 11.1 Å². The van der Waals surface area contributed by atoms with Gasteiger partial charge in [0.15, 0.2) is 11.5 Å². The summed E-state index contributed by atoms with van der Waals surface area (Å²) < 4.78 is 1.83. The van der Waals surface area contributed by atoms with Gasteiger partial charge in [-0.3, -0.25) is 9.20 Å². The van der Waals surface area contributed by atoms with Gasteiger partial charge in [0.2, 0.25) is 0 Å². The Morgan fingerprint density at radius 3 is 3.14 bits per heavy atom. The van der Waals surface area contributed by atoms with Crippen LogP contribution in [0.5, 0.6) is 0 Å². The molecule has 0 unspecified atom stereocenters. The molecule has 0 aliphatic carbocycles. The van der Waals surface area contributed by atoms with Crippen LogP contribution in [0.15, 0.2) is 29.8 Å². The SMILES string of the molecule is NCCc1nc(C(=O)NCc2nnc3ccccn23)cs1. The van der Waals surface area contributed by atoms with Crippen LogP contribution < -0.4 is 11.1 Å². The van der Waals surface area contributed by atoms with Gasteiger partial charge in [0.05, 0.1) is 11.6 Å². The molecule has 0 aliphatic rings. The van der Waals surface area contributed by atoms with Crippen molar-refractivity contribution < 1.29 is 4.79 Å². The summed E-state index contributed by atoms with van der Waals surface area (Å²) in [6, 6.07) is 5.64. The second kappa shape index (κ2) is 5.98. The van der Waals surface area contributed by atoms with E-state index in [4.69, 9.17) is 5.73 Å². The summed E-state index contributed by atoms with van der Waals surface area (Å²) in [4.78, 5) is 16.3. The van der Waals surface area contributed by atoms with E-state index in [-0.39, 0.29) is 5.91 Å². The highest BCUT2D eigenvalue weighted by Crippen LogP contribution is 2.10. The first-order valence-electron chi connectivity index (χ1n) is 6.49. The van der Waals surface area contributed by atoms with Crippen molar-refractivity contribution in [2.75, 3.05) is 6.54 Å². The van der Waals surface area contributed by atoms with Crippen LogP contribution in [-0.2, 0) is 13.0 Å². The summed E-state index contributed by atoms with van der Waals surface area (Å²) >= 11 is 1.44. The number of aromatic nitrogens is 4. The van der Waals surface area contributed by atoms with Gasteiger partial charge in [0, 0.05) is 18.0 Å². The van der Waals surface area contributed by atoms with Crippen molar-refractivity contribution in [2.45, 2.75) is 13.0 Å². The Bertz CT molecular complexity index is 765. The fourth-order valence-electron chi connectivity index (χ4n) is 1.91. The standard InChI is InChI=1S/C13H14N6OS/c14-5-4-12-16-9(8-21-12)13(20)15-7-11-18-17-10-3-1-2-6-19(10)11/h1-3,6,8H,4-5,7,14H2,(H,15,20). The molecule has 0 aromatic carbocycles. The highest BCUT2D eigenvalue weighted by Gasteiger charge is 2.12. The minimum atomic E-state index is -0.220. The fraction of sp³-hybridized carbons (Fsp3) is 0.231. The molecule has 0 aliphatic heterocycles. The van der Waals surface area contributed by atoms with E-state index in [1.54, 1.807) is 5.38 Å². The molecule has 0 saturated carbocycles. The lowest BCUT2D eigenvalue weighted by Crippen LogP contribution is -2.24. The van der Waals surface area contributed by atoms with Gasteiger partial charge in [-0.2, -0.15) is 0 Å². The number of rotatable bonds is 5. The van der Waals surface area contributed by atoms with E-state index in [1.165, 1.54) is 11.3 Å². The maximum atomic E-state index is 12.0. The quantitative estimate of drug-likeness (QED) is 0.720. The zero-order valence-electron chi connectivity index (χ0n) is 11.2. The first kappa shape index (κ1) is 13.7. The number of nitrogens with one attached hydrogen (secondary N) is 1. The third-order valence-electron chi connectivity index (χ3n) is 2.93. The maximum Gasteiger partial charge on any atom is 0.271 e. The van der Waals surface area contributed by atoms with Crippen molar-refractivity contribution in [1.82, 2.24) is 24.9 Å². The minimum Gasteiger partial charge on any atom is -0.343 e. The van der Waals surface area contributed by atoms with E-state index in [9.17, 15) is 4.79 Å². The number of fused-ring (bicyclic) bond motifs is 1. The van der Waals surface area contributed by atoms with Gasteiger partial charge in [0.1, 0.15) is 5.69 Å². The second-order valence-corrected chi connectivity index (χ2v) is 5.34. The molecule has 7 nitrogen and oxygen atoms in total. The molecule has 3 heterocycles. The number of pyridine rings is 1. The smallest absolute Gasteiger partial charge is 0.271 e. The Kier molecular flexibility index (Phi) is 3.89. The monoisotopic (exact) mass is 302 g/mol. The molecule has 3 N–H and O–H groups in total. The molecule has 21 heavy (non-hydrogen) atoms. The molecule has 0 atom stereocenters. The summed E-state index contributed by atoms with van der Waals surface area (Å²) in [5, 5.41) is 13.5. The number of hydrogen-bond acceptors (Lipinski definition) is 6. The van der Waals surface area contributed by atoms with Gasteiger partial charge in [-0.15, -0.1) is 21.5 Å². The van der Waals surface area contributed by atoms with Crippen molar-refractivity contribution in [1.29, 1.82) is 0 Å². The molecular formula is C13H14N6OS. The number of thiazole rings is 1. The largest absolute Gasteiger partial charge is 0.343 e. The Morgan fingerprint density at radius 1 is 1.38 bits per heavy atom. The molecule has 0 radical (unpaired) electrons. The zero-order valence-corrected chi connectivity index (χ0v) is 12.0. The van der Waals surface area contributed by atoms with Gasteiger partial charge in [-0.05, 0) is 18.7 Å². The Morgan fingerprint density at radius 2 is 2.29 bits per heavy atom. The molecule has 8 heteroatoms. The average Bonchev–Trinajstić information content (AvgIpc) is 3.12. The minimum absolute atomic E-state index is 0.220. The van der Waals surface area contributed by atoms with Crippen molar-refractivity contribution >= 4 is 22.9 Å². The Balaban J connectivity index is 1.67. The number of amides is 1. The molecule has 108 valence electrons. The lowest BCUT2D eigenvalue weighted by Gasteiger charge is -2.01. The van der Waals surface area contributed by atoms with E-state index in [0.717, 1.165) is 10.7 Å². The summed E-state index contributed by atoms with van der Waals surface area (Å²) in [5.41, 5.74) is 6.63. The summed E-state index contributed by atoms with van der Waals surface area (Å²) in [7, 11) is 0. The summed E-state index contributed by atoms with van der Waals surface area (Å²) in [5.74, 6) is 0.457. The predicted molar refractivity (Wildman–Crippen MR) is 79.0 cm³/mol. The number of nitrogens with zero attached hydrogens (tertiary/aromatic N) is 4. The number of carbonyl (C=O) groups excluding carboxylic acids is 1. The summed E-state index contributed by atoms with van der Waals surface area (Å²) in [6.45, 7) is 0.827. The van der Waals surface area contributed by atoms with Crippen LogP contribution in [0.2, 0.25) is 0 Å². The topological polar surface area (TPSA) is 98.2 Å². The maximum absolute atomic E-state index is 12.0. The highest BCUT2D eigenvalue weighted by atomic mass is 32.1. The van der Waals surface area contributed by atoms with Crippen LogP contribution in [0.1, 0.15) is 21.3 Å². The van der Waals surface area contributed by atoms with Crippen molar-refractivity contribution in [3.63, 3.8) is 0 Å². The van der Waals surface area contributed by atoms with Crippen molar-refractivity contribution in [2.24, 2.45) is 5.73 Å². The molecule has 3 aromatic rings. The van der Waals surface area contributed by atoms with Gasteiger partial charge in [-0.1, -0.05) is 6.07 Å². The van der Waals surface area contributed by atoms with Crippen LogP contribution in [0.4, 0.5) is 0 Å². The van der Waals surface area contributed by atoms with Crippen LogP contribution in [0, 0.1) is 0 Å². The third-order valence-corrected chi connectivity index (χ3v) is 3.84. The number of nitrogens with two attached hydrogens (primary N) is 1. The summed E-state index contributed by atoms with van der Waals surface area (Å²) in [6.07, 6.45) is 2.55. The molecule has 1 amide bonds. The predicted octanol–water partition coefficient (Wildman–Crippen LogP) is 0.617. The number of hydrogen-bond donors (Lipinski definition) is 2. The highest BCUT2D eigenvalue weighted by molar-refractivity contribution is 7.09. The first-order chi connectivity index (χ1) is 10.3. The molecule has 0 fully saturated rings. The zero-order chi connectivity index (χ0) is 14.7. The van der Waals surface area contributed by atoms with Crippen LogP contribution in [0.3, 0.4) is 0 Å². The van der Waals surface area contributed by atoms with Crippen LogP contribution in [-0.4, -0.2) is 32.0 Å². The molecular weight excluding hydrogens is 288 g/mol. The lowest BCUT2D eigenvalue weighted by molar-refractivity contribution is 0.0945. The normalized spacial score (nSPS) is 10.9.